The molecule has 0 heterocycles. The van der Waals surface area contributed by atoms with Crippen molar-refractivity contribution in [1.29, 1.82) is 0 Å². The van der Waals surface area contributed by atoms with E-state index in [1.165, 1.54) is 21.8 Å². The van der Waals surface area contributed by atoms with Crippen LogP contribution in [0.25, 0.3) is 0 Å². The molecule has 1 N–H and O–H groups in total. The van der Waals surface area contributed by atoms with Gasteiger partial charge < -0.3 is 5.32 Å². The van der Waals surface area contributed by atoms with Gasteiger partial charge in [0.15, 0.2) is 0 Å². The van der Waals surface area contributed by atoms with Crippen molar-refractivity contribution in [3.05, 3.63) is 57.0 Å². The zero-order valence-corrected chi connectivity index (χ0v) is 15.3. The highest BCUT2D eigenvalue weighted by Crippen LogP contribution is 2.34. The molecule has 0 aliphatic carbocycles. The van der Waals surface area contributed by atoms with Gasteiger partial charge in [-0.1, -0.05) is 40.7 Å². The monoisotopic (exact) mass is 413 g/mol. The maximum Gasteiger partial charge on any atom is 0.0318 e. The SMILES string of the molecule is CCCNCc1ccc(Sc2ccc(Br)cc2)c(Br)c1. The van der Waals surface area contributed by atoms with Crippen LogP contribution in [0.2, 0.25) is 0 Å². The summed E-state index contributed by atoms with van der Waals surface area (Å²) in [5.74, 6) is 0. The summed E-state index contributed by atoms with van der Waals surface area (Å²) in [4.78, 5) is 2.48. The normalized spacial score (nSPS) is 10.8. The van der Waals surface area contributed by atoms with Crippen LogP contribution < -0.4 is 5.32 Å². The van der Waals surface area contributed by atoms with Gasteiger partial charge in [-0.15, -0.1) is 0 Å². The number of nitrogens with one attached hydrogen (secondary N) is 1. The Morgan fingerprint density at radius 2 is 1.80 bits per heavy atom. The standard InChI is InChI=1S/C16H17Br2NS/c1-2-9-19-11-12-3-8-16(15(18)10-12)20-14-6-4-13(17)5-7-14/h3-8,10,19H,2,9,11H2,1H3. The van der Waals surface area contributed by atoms with Gasteiger partial charge in [-0.05, 0) is 70.9 Å². The van der Waals surface area contributed by atoms with Crippen LogP contribution in [0.5, 0.6) is 0 Å². The maximum atomic E-state index is 3.67. The molecule has 0 aromatic heterocycles. The molecule has 0 fully saturated rings. The Labute approximate surface area is 141 Å². The van der Waals surface area contributed by atoms with Crippen LogP contribution in [0.1, 0.15) is 18.9 Å². The zero-order chi connectivity index (χ0) is 14.4. The first-order valence-electron chi connectivity index (χ1n) is 6.61. The largest absolute Gasteiger partial charge is 0.313 e. The van der Waals surface area contributed by atoms with Crippen LogP contribution in [-0.4, -0.2) is 6.54 Å². The molecule has 0 bridgehead atoms. The zero-order valence-electron chi connectivity index (χ0n) is 11.3. The van der Waals surface area contributed by atoms with Crippen molar-refractivity contribution >= 4 is 43.6 Å². The van der Waals surface area contributed by atoms with Crippen molar-refractivity contribution in [2.45, 2.75) is 29.7 Å². The third-order valence-corrected chi connectivity index (χ3v) is 5.32. The number of hydrogen-bond donors (Lipinski definition) is 1. The lowest BCUT2D eigenvalue weighted by Crippen LogP contribution is -2.13. The molecule has 2 aromatic rings. The minimum atomic E-state index is 0.926. The van der Waals surface area contributed by atoms with E-state index in [4.69, 9.17) is 0 Å². The highest BCUT2D eigenvalue weighted by atomic mass is 79.9. The number of rotatable bonds is 6. The molecule has 0 atom stereocenters. The van der Waals surface area contributed by atoms with Gasteiger partial charge in [-0.3, -0.25) is 0 Å². The molecule has 0 saturated carbocycles. The summed E-state index contributed by atoms with van der Waals surface area (Å²) in [5, 5.41) is 3.42. The Morgan fingerprint density at radius 3 is 2.45 bits per heavy atom. The highest BCUT2D eigenvalue weighted by Gasteiger charge is 2.04. The minimum Gasteiger partial charge on any atom is -0.313 e. The molecule has 106 valence electrons. The first-order valence-corrected chi connectivity index (χ1v) is 9.02. The topological polar surface area (TPSA) is 12.0 Å². The Hall–Kier alpha value is -0.290. The van der Waals surface area contributed by atoms with Crippen LogP contribution in [-0.2, 0) is 6.54 Å². The van der Waals surface area contributed by atoms with Crippen molar-refractivity contribution in [3.63, 3.8) is 0 Å². The summed E-state index contributed by atoms with van der Waals surface area (Å²) < 4.78 is 2.26. The second kappa shape index (κ2) is 8.23. The molecule has 0 saturated heterocycles. The van der Waals surface area contributed by atoms with E-state index in [0.717, 1.165) is 22.0 Å². The van der Waals surface area contributed by atoms with Gasteiger partial charge in [0, 0.05) is 25.3 Å². The Morgan fingerprint density at radius 1 is 1.05 bits per heavy atom. The fourth-order valence-electron chi connectivity index (χ4n) is 1.78. The van der Waals surface area contributed by atoms with E-state index in [2.05, 4.69) is 86.6 Å². The smallest absolute Gasteiger partial charge is 0.0318 e. The molecular formula is C16H17Br2NS. The van der Waals surface area contributed by atoms with E-state index in [0.29, 0.717) is 0 Å². The van der Waals surface area contributed by atoms with Crippen LogP contribution in [0.3, 0.4) is 0 Å². The maximum absolute atomic E-state index is 3.67. The number of hydrogen-bond acceptors (Lipinski definition) is 2. The Bertz CT molecular complexity index is 555. The van der Waals surface area contributed by atoms with E-state index >= 15 is 0 Å². The number of benzene rings is 2. The van der Waals surface area contributed by atoms with Gasteiger partial charge >= 0.3 is 0 Å². The van der Waals surface area contributed by atoms with E-state index in [1.54, 1.807) is 11.8 Å². The van der Waals surface area contributed by atoms with Crippen LogP contribution in [0.15, 0.2) is 61.2 Å². The second-order valence-electron chi connectivity index (χ2n) is 4.50. The third-order valence-electron chi connectivity index (χ3n) is 2.79. The van der Waals surface area contributed by atoms with Gasteiger partial charge in [0.25, 0.3) is 0 Å². The van der Waals surface area contributed by atoms with Gasteiger partial charge in [0.05, 0.1) is 0 Å². The van der Waals surface area contributed by atoms with Gasteiger partial charge in [0.2, 0.25) is 0 Å². The summed E-state index contributed by atoms with van der Waals surface area (Å²) in [6.07, 6.45) is 1.17. The Kier molecular flexibility index (Phi) is 6.62. The summed E-state index contributed by atoms with van der Waals surface area (Å²) in [5.41, 5.74) is 1.31. The molecule has 0 amide bonds. The van der Waals surface area contributed by atoms with Crippen LogP contribution >= 0.6 is 43.6 Å². The first-order chi connectivity index (χ1) is 9.69. The van der Waals surface area contributed by atoms with Crippen molar-refractivity contribution in [2.24, 2.45) is 0 Å². The van der Waals surface area contributed by atoms with Crippen molar-refractivity contribution < 1.29 is 0 Å². The average molecular weight is 415 g/mol. The molecule has 0 unspecified atom stereocenters. The van der Waals surface area contributed by atoms with Crippen molar-refractivity contribution in [2.75, 3.05) is 6.54 Å². The predicted molar refractivity (Wildman–Crippen MR) is 94.4 cm³/mol. The first kappa shape index (κ1) is 16.1. The van der Waals surface area contributed by atoms with E-state index < -0.39 is 0 Å². The molecule has 20 heavy (non-hydrogen) atoms. The number of halogens is 2. The lowest BCUT2D eigenvalue weighted by Gasteiger charge is -2.08. The van der Waals surface area contributed by atoms with E-state index in [9.17, 15) is 0 Å². The molecule has 2 rings (SSSR count). The molecule has 0 spiro atoms. The molecular weight excluding hydrogens is 398 g/mol. The Balaban J connectivity index is 2.03. The highest BCUT2D eigenvalue weighted by molar-refractivity contribution is 9.10. The quantitative estimate of drug-likeness (QED) is 0.593. The predicted octanol–water partition coefficient (Wildman–Crippen LogP) is 5.86. The third kappa shape index (κ3) is 4.92. The summed E-state index contributed by atoms with van der Waals surface area (Å²) in [7, 11) is 0. The molecule has 4 heteroatoms. The molecule has 0 aliphatic rings. The lowest BCUT2D eigenvalue weighted by molar-refractivity contribution is 0.675. The molecule has 2 aromatic carbocycles. The lowest BCUT2D eigenvalue weighted by atomic mass is 10.2. The van der Waals surface area contributed by atoms with Gasteiger partial charge in [-0.25, -0.2) is 0 Å². The summed E-state index contributed by atoms with van der Waals surface area (Å²) in [6, 6.07) is 15.0. The van der Waals surface area contributed by atoms with Crippen molar-refractivity contribution in [1.82, 2.24) is 5.32 Å². The van der Waals surface area contributed by atoms with Gasteiger partial charge in [-0.2, -0.15) is 0 Å². The molecule has 0 aliphatic heterocycles. The average Bonchev–Trinajstić information content (AvgIpc) is 2.44. The van der Waals surface area contributed by atoms with Crippen LogP contribution in [0, 0.1) is 0 Å². The van der Waals surface area contributed by atoms with Gasteiger partial charge in [0.1, 0.15) is 0 Å². The molecule has 1 nitrogen and oxygen atoms in total. The van der Waals surface area contributed by atoms with Crippen LogP contribution in [0.4, 0.5) is 0 Å². The minimum absolute atomic E-state index is 0.926. The van der Waals surface area contributed by atoms with E-state index in [-0.39, 0.29) is 0 Å². The van der Waals surface area contributed by atoms with Crippen molar-refractivity contribution in [3.8, 4) is 0 Å². The molecule has 0 radical (unpaired) electrons. The summed E-state index contributed by atoms with van der Waals surface area (Å²) >= 11 is 8.90. The fourth-order valence-corrected chi connectivity index (χ4v) is 3.53. The van der Waals surface area contributed by atoms with E-state index in [1.807, 2.05) is 0 Å². The summed E-state index contributed by atoms with van der Waals surface area (Å²) in [6.45, 7) is 4.17. The fraction of sp³-hybridized carbons (Fsp3) is 0.250. The second-order valence-corrected chi connectivity index (χ2v) is 7.38.